The number of carbonyl (C=O) groups excluding carboxylic acids is 2. The summed E-state index contributed by atoms with van der Waals surface area (Å²) >= 11 is 0. The Balaban J connectivity index is 1.96. The summed E-state index contributed by atoms with van der Waals surface area (Å²) in [6.45, 7) is 7.44. The van der Waals surface area contributed by atoms with Crippen LogP contribution in [0, 0.1) is 30.1 Å². The molecule has 0 radical (unpaired) electrons. The summed E-state index contributed by atoms with van der Waals surface area (Å²) < 4.78 is 0. The number of carbonyl (C=O) groups is 2. The number of hydrogen-bond acceptors (Lipinski definition) is 4. The Hall–Kier alpha value is -2.55. The number of amides is 2. The number of aryl methyl sites for hydroxylation is 1. The average molecular weight is 342 g/mol. The molecule has 1 aliphatic carbocycles. The second-order valence-corrected chi connectivity index (χ2v) is 7.16. The van der Waals surface area contributed by atoms with Crippen molar-refractivity contribution < 1.29 is 9.59 Å². The van der Waals surface area contributed by atoms with E-state index < -0.39 is 5.54 Å². The van der Waals surface area contributed by atoms with Gasteiger partial charge >= 0.3 is 0 Å². The van der Waals surface area contributed by atoms with Gasteiger partial charge in [-0.1, -0.05) is 19.9 Å². The molecule has 6 heteroatoms. The van der Waals surface area contributed by atoms with Crippen LogP contribution in [0.2, 0.25) is 0 Å². The van der Waals surface area contributed by atoms with Crippen molar-refractivity contribution in [3.05, 3.63) is 23.8 Å². The maximum Gasteiger partial charge on any atom is 0.240 e. The van der Waals surface area contributed by atoms with Gasteiger partial charge in [0.1, 0.15) is 5.54 Å². The predicted molar refractivity (Wildman–Crippen MR) is 98.0 cm³/mol. The van der Waals surface area contributed by atoms with Crippen molar-refractivity contribution >= 4 is 23.2 Å². The van der Waals surface area contributed by atoms with Crippen molar-refractivity contribution in [3.63, 3.8) is 0 Å². The van der Waals surface area contributed by atoms with E-state index in [9.17, 15) is 14.9 Å². The monoisotopic (exact) mass is 342 g/mol. The average Bonchev–Trinajstić information content (AvgIpc) is 3.40. The van der Waals surface area contributed by atoms with Crippen LogP contribution in [0.1, 0.15) is 39.2 Å². The fraction of sp³-hybridized carbons (Fsp3) is 0.526. The van der Waals surface area contributed by atoms with Gasteiger partial charge in [-0.3, -0.25) is 9.59 Å². The first-order chi connectivity index (χ1) is 11.7. The molecule has 3 N–H and O–H groups in total. The molecule has 1 fully saturated rings. The molecule has 1 aromatic rings. The molecule has 1 unspecified atom stereocenters. The normalized spacial score (nSPS) is 15.8. The Kier molecular flexibility index (Phi) is 5.68. The van der Waals surface area contributed by atoms with Crippen LogP contribution in [0.4, 0.5) is 11.4 Å². The maximum atomic E-state index is 12.2. The topological polar surface area (TPSA) is 94.0 Å². The predicted octanol–water partition coefficient (Wildman–Crippen LogP) is 2.81. The summed E-state index contributed by atoms with van der Waals surface area (Å²) in [4.78, 5) is 24.0. The van der Waals surface area contributed by atoms with Crippen molar-refractivity contribution in [2.75, 3.05) is 17.2 Å². The van der Waals surface area contributed by atoms with Gasteiger partial charge in [0.05, 0.1) is 12.6 Å². The van der Waals surface area contributed by atoms with E-state index in [1.54, 1.807) is 6.92 Å². The van der Waals surface area contributed by atoms with E-state index in [0.29, 0.717) is 5.69 Å². The molecule has 0 heterocycles. The number of rotatable bonds is 7. The van der Waals surface area contributed by atoms with Crippen LogP contribution in [0.25, 0.3) is 0 Å². The van der Waals surface area contributed by atoms with Crippen LogP contribution in [-0.4, -0.2) is 23.9 Å². The quantitative estimate of drug-likeness (QED) is 0.710. The van der Waals surface area contributed by atoms with Crippen molar-refractivity contribution in [2.45, 2.75) is 46.1 Å². The standard InChI is InChI=1S/C19H26N4O2/c1-12(2)18(25)22-15-8-5-13(3)16(9-15)21-10-17(24)23-19(4,11-20)14-6-7-14/h5,8-9,12,14,21H,6-7,10H2,1-4H3,(H,22,25)(H,23,24). The third-order valence-electron chi connectivity index (χ3n) is 4.49. The molecule has 134 valence electrons. The molecule has 1 saturated carbocycles. The lowest BCUT2D eigenvalue weighted by Gasteiger charge is -2.23. The molecule has 0 aromatic heterocycles. The van der Waals surface area contributed by atoms with E-state index in [2.05, 4.69) is 22.0 Å². The van der Waals surface area contributed by atoms with Gasteiger partial charge < -0.3 is 16.0 Å². The zero-order chi connectivity index (χ0) is 18.6. The van der Waals surface area contributed by atoms with Gasteiger partial charge in [0.15, 0.2) is 0 Å². The second-order valence-electron chi connectivity index (χ2n) is 7.16. The van der Waals surface area contributed by atoms with Crippen LogP contribution >= 0.6 is 0 Å². The minimum atomic E-state index is -0.791. The van der Waals surface area contributed by atoms with Gasteiger partial charge in [0.2, 0.25) is 11.8 Å². The molecule has 25 heavy (non-hydrogen) atoms. The van der Waals surface area contributed by atoms with Gasteiger partial charge in [0, 0.05) is 17.3 Å². The molecular weight excluding hydrogens is 316 g/mol. The molecule has 6 nitrogen and oxygen atoms in total. The summed E-state index contributed by atoms with van der Waals surface area (Å²) in [7, 11) is 0. The molecule has 0 spiro atoms. The van der Waals surface area contributed by atoms with E-state index in [1.165, 1.54) is 0 Å². The third-order valence-corrected chi connectivity index (χ3v) is 4.49. The highest BCUT2D eigenvalue weighted by atomic mass is 16.2. The summed E-state index contributed by atoms with van der Waals surface area (Å²) in [5, 5.41) is 18.1. The van der Waals surface area contributed by atoms with Crippen molar-refractivity contribution in [2.24, 2.45) is 11.8 Å². The van der Waals surface area contributed by atoms with Crippen molar-refractivity contribution in [1.82, 2.24) is 5.32 Å². The zero-order valence-corrected chi connectivity index (χ0v) is 15.3. The van der Waals surface area contributed by atoms with Crippen LogP contribution in [0.15, 0.2) is 18.2 Å². The van der Waals surface area contributed by atoms with E-state index in [4.69, 9.17) is 0 Å². The fourth-order valence-corrected chi connectivity index (χ4v) is 2.57. The van der Waals surface area contributed by atoms with Crippen LogP contribution in [-0.2, 0) is 9.59 Å². The van der Waals surface area contributed by atoms with Gasteiger partial charge in [0.25, 0.3) is 0 Å². The van der Waals surface area contributed by atoms with Crippen molar-refractivity contribution in [3.8, 4) is 6.07 Å². The number of nitrogens with zero attached hydrogens (tertiary/aromatic N) is 1. The van der Waals surface area contributed by atoms with Crippen LogP contribution in [0.5, 0.6) is 0 Å². The molecule has 0 saturated heterocycles. The first-order valence-corrected chi connectivity index (χ1v) is 8.63. The minimum Gasteiger partial charge on any atom is -0.376 e. The highest BCUT2D eigenvalue weighted by molar-refractivity contribution is 5.92. The number of hydrogen-bond donors (Lipinski definition) is 3. The van der Waals surface area contributed by atoms with Crippen molar-refractivity contribution in [1.29, 1.82) is 5.26 Å². The Labute approximate surface area is 149 Å². The maximum absolute atomic E-state index is 12.2. The van der Waals surface area contributed by atoms with Crippen LogP contribution in [0.3, 0.4) is 0 Å². The lowest BCUT2D eigenvalue weighted by Crippen LogP contribution is -2.48. The first kappa shape index (κ1) is 18.8. The van der Waals surface area contributed by atoms with Gasteiger partial charge in [-0.2, -0.15) is 5.26 Å². The Bertz CT molecular complexity index is 704. The highest BCUT2D eigenvalue weighted by Gasteiger charge is 2.42. The second kappa shape index (κ2) is 7.56. The number of nitrogens with one attached hydrogen (secondary N) is 3. The number of anilines is 2. The molecule has 2 rings (SSSR count). The Morgan fingerprint density at radius 3 is 2.60 bits per heavy atom. The molecular formula is C19H26N4O2. The van der Waals surface area contributed by atoms with Gasteiger partial charge in [-0.05, 0) is 50.3 Å². The van der Waals surface area contributed by atoms with Gasteiger partial charge in [-0.25, -0.2) is 0 Å². The summed E-state index contributed by atoms with van der Waals surface area (Å²) in [6.07, 6.45) is 1.96. The smallest absolute Gasteiger partial charge is 0.240 e. The van der Waals surface area contributed by atoms with E-state index in [1.807, 2.05) is 39.0 Å². The Morgan fingerprint density at radius 2 is 2.04 bits per heavy atom. The summed E-state index contributed by atoms with van der Waals surface area (Å²) in [6, 6.07) is 7.75. The summed E-state index contributed by atoms with van der Waals surface area (Å²) in [5.41, 5.74) is 1.65. The van der Waals surface area contributed by atoms with E-state index in [-0.39, 0.29) is 30.2 Å². The SMILES string of the molecule is Cc1ccc(NC(=O)C(C)C)cc1NCC(=O)NC(C)(C#N)C1CC1. The van der Waals surface area contributed by atoms with E-state index >= 15 is 0 Å². The zero-order valence-electron chi connectivity index (χ0n) is 15.3. The molecule has 0 bridgehead atoms. The fourth-order valence-electron chi connectivity index (χ4n) is 2.57. The highest BCUT2D eigenvalue weighted by Crippen LogP contribution is 2.39. The molecule has 0 aliphatic heterocycles. The molecule has 1 atom stereocenters. The third kappa shape index (κ3) is 4.96. The number of nitriles is 1. The van der Waals surface area contributed by atoms with E-state index in [0.717, 1.165) is 24.1 Å². The minimum absolute atomic E-state index is 0.0539. The lowest BCUT2D eigenvalue weighted by atomic mass is 9.98. The molecule has 1 aliphatic rings. The Morgan fingerprint density at radius 1 is 1.36 bits per heavy atom. The van der Waals surface area contributed by atoms with Crippen LogP contribution < -0.4 is 16.0 Å². The first-order valence-electron chi connectivity index (χ1n) is 8.63. The summed E-state index contributed by atoms with van der Waals surface area (Å²) in [5.74, 6) is -0.124. The largest absolute Gasteiger partial charge is 0.376 e. The number of benzene rings is 1. The molecule has 1 aromatic carbocycles. The van der Waals surface area contributed by atoms with Gasteiger partial charge in [-0.15, -0.1) is 0 Å². The molecule has 2 amide bonds. The lowest BCUT2D eigenvalue weighted by molar-refractivity contribution is -0.121.